The lowest BCUT2D eigenvalue weighted by molar-refractivity contribution is -0.133. The van der Waals surface area contributed by atoms with Crippen molar-refractivity contribution < 1.29 is 14.0 Å². The van der Waals surface area contributed by atoms with Crippen molar-refractivity contribution >= 4 is 23.2 Å². The Morgan fingerprint density at radius 3 is 2.59 bits per heavy atom. The minimum atomic E-state index is -0.568. The van der Waals surface area contributed by atoms with E-state index in [0.717, 1.165) is 32.4 Å². The van der Waals surface area contributed by atoms with Crippen molar-refractivity contribution in [2.75, 3.05) is 13.1 Å². The first-order chi connectivity index (χ1) is 15.2. The van der Waals surface area contributed by atoms with Gasteiger partial charge in [0.05, 0.1) is 11.3 Å². The summed E-state index contributed by atoms with van der Waals surface area (Å²) in [6, 6.07) is 2.58. The lowest BCUT2D eigenvalue weighted by Gasteiger charge is -2.40. The van der Waals surface area contributed by atoms with Crippen LogP contribution in [-0.4, -0.2) is 51.8 Å². The predicted octanol–water partition coefficient (Wildman–Crippen LogP) is 3.83. The minimum absolute atomic E-state index is 0.116. The Morgan fingerprint density at radius 1 is 1.34 bits per heavy atom. The number of piperidine rings is 1. The maximum absolute atomic E-state index is 14.5. The molecule has 0 radical (unpaired) electrons. The Kier molecular flexibility index (Phi) is 8.00. The summed E-state index contributed by atoms with van der Waals surface area (Å²) in [5.74, 6) is -0.964. The molecule has 2 N–H and O–H groups in total. The smallest absolute Gasteiger partial charge is 0.250 e. The molecular formula is C24H33FN4O2S. The molecule has 1 aliphatic rings. The van der Waals surface area contributed by atoms with Crippen molar-refractivity contribution in [3.8, 4) is 0 Å². The van der Waals surface area contributed by atoms with Gasteiger partial charge in [0.25, 0.3) is 5.91 Å². The topological polar surface area (TPSA) is 79.5 Å². The zero-order valence-corrected chi connectivity index (χ0v) is 20.2. The minimum Gasteiger partial charge on any atom is -0.366 e. The monoisotopic (exact) mass is 460 g/mol. The average molecular weight is 461 g/mol. The first-order valence-electron chi connectivity index (χ1n) is 11.2. The molecule has 174 valence electrons. The van der Waals surface area contributed by atoms with Crippen LogP contribution in [0.25, 0.3) is 0 Å². The zero-order chi connectivity index (χ0) is 23.4. The maximum Gasteiger partial charge on any atom is 0.250 e. The van der Waals surface area contributed by atoms with E-state index in [1.807, 2.05) is 10.3 Å². The Bertz CT molecular complexity index is 955. The number of carbonyl (C=O) groups excluding carboxylic acids is 2. The van der Waals surface area contributed by atoms with Gasteiger partial charge < -0.3 is 15.5 Å². The molecule has 1 saturated heterocycles. The van der Waals surface area contributed by atoms with Gasteiger partial charge >= 0.3 is 0 Å². The maximum atomic E-state index is 14.5. The molecular weight excluding hydrogens is 427 g/mol. The Labute approximate surface area is 193 Å². The van der Waals surface area contributed by atoms with E-state index in [1.165, 1.54) is 5.56 Å². The van der Waals surface area contributed by atoms with Crippen molar-refractivity contribution in [3.05, 3.63) is 50.7 Å². The summed E-state index contributed by atoms with van der Waals surface area (Å²) < 4.78 is 14.5. The number of hydrogen-bond donors (Lipinski definition) is 1. The number of pyridine rings is 1. The standard InChI is InChI=1S/C24H33FN4O2S/c1-15(5-6-21-16(2)22(24(26)31)17(3)27-23(21)25)28-10-7-20(8-11-28)29(18(4)30)13-19-9-12-32-14-19/h9,12,14-15,20H,5-8,10-11,13H2,1-4H3,(H2,26,31)/t15-/m1/s1. The van der Waals surface area contributed by atoms with Gasteiger partial charge in [-0.15, -0.1) is 0 Å². The van der Waals surface area contributed by atoms with E-state index in [1.54, 1.807) is 32.1 Å². The molecule has 6 nitrogen and oxygen atoms in total. The van der Waals surface area contributed by atoms with Crippen molar-refractivity contribution in [3.63, 3.8) is 0 Å². The molecule has 0 spiro atoms. The number of carbonyl (C=O) groups is 2. The number of nitrogens with zero attached hydrogens (tertiary/aromatic N) is 3. The summed E-state index contributed by atoms with van der Waals surface area (Å²) in [4.78, 5) is 32.3. The molecule has 8 heteroatoms. The van der Waals surface area contributed by atoms with E-state index >= 15 is 0 Å². The number of likely N-dealkylation sites (tertiary alicyclic amines) is 1. The van der Waals surface area contributed by atoms with Gasteiger partial charge in [0.1, 0.15) is 0 Å². The highest BCUT2D eigenvalue weighted by Gasteiger charge is 2.28. The van der Waals surface area contributed by atoms with Crippen LogP contribution < -0.4 is 5.73 Å². The summed E-state index contributed by atoms with van der Waals surface area (Å²) in [6.07, 6.45) is 3.12. The van der Waals surface area contributed by atoms with Crippen LogP contribution in [0.1, 0.15) is 65.9 Å². The molecule has 1 aliphatic heterocycles. The Hall–Kier alpha value is -2.32. The second-order valence-corrected chi connectivity index (χ2v) is 9.54. The fourth-order valence-electron chi connectivity index (χ4n) is 4.75. The third-order valence-corrected chi connectivity index (χ3v) is 7.40. The van der Waals surface area contributed by atoms with Crippen LogP contribution >= 0.6 is 11.3 Å². The van der Waals surface area contributed by atoms with Gasteiger partial charge in [-0.2, -0.15) is 15.7 Å². The number of aromatic nitrogens is 1. The highest BCUT2D eigenvalue weighted by atomic mass is 32.1. The fourth-order valence-corrected chi connectivity index (χ4v) is 5.41. The second kappa shape index (κ2) is 10.5. The molecule has 0 saturated carbocycles. The van der Waals surface area contributed by atoms with Crippen LogP contribution in [-0.2, 0) is 17.8 Å². The summed E-state index contributed by atoms with van der Waals surface area (Å²) in [5, 5.41) is 4.14. The average Bonchev–Trinajstić information content (AvgIpc) is 3.24. The molecule has 1 fully saturated rings. The van der Waals surface area contributed by atoms with Crippen molar-refractivity contribution in [1.29, 1.82) is 0 Å². The Balaban J connectivity index is 1.58. The summed E-state index contributed by atoms with van der Waals surface area (Å²) in [5.41, 5.74) is 8.39. The van der Waals surface area contributed by atoms with Gasteiger partial charge in [0.2, 0.25) is 11.9 Å². The molecule has 1 atom stereocenters. The van der Waals surface area contributed by atoms with Crippen molar-refractivity contribution in [2.45, 2.75) is 72.0 Å². The van der Waals surface area contributed by atoms with Crippen LogP contribution in [0.5, 0.6) is 0 Å². The number of amides is 2. The number of aryl methyl sites for hydroxylation is 1. The normalized spacial score (nSPS) is 16.2. The van der Waals surface area contributed by atoms with Gasteiger partial charge in [0.15, 0.2) is 0 Å². The van der Waals surface area contributed by atoms with Crippen LogP contribution in [0.3, 0.4) is 0 Å². The quantitative estimate of drug-likeness (QED) is 0.607. The zero-order valence-electron chi connectivity index (χ0n) is 19.4. The highest BCUT2D eigenvalue weighted by Crippen LogP contribution is 2.25. The first-order valence-corrected chi connectivity index (χ1v) is 12.1. The molecule has 0 aromatic carbocycles. The third kappa shape index (κ3) is 5.53. The second-order valence-electron chi connectivity index (χ2n) is 8.76. The number of thiophene rings is 1. The van der Waals surface area contributed by atoms with Crippen LogP contribution in [0, 0.1) is 19.8 Å². The van der Waals surface area contributed by atoms with Crippen LogP contribution in [0.15, 0.2) is 16.8 Å². The van der Waals surface area contributed by atoms with Crippen molar-refractivity contribution in [2.24, 2.45) is 5.73 Å². The molecule has 3 heterocycles. The number of rotatable bonds is 8. The molecule has 32 heavy (non-hydrogen) atoms. The van der Waals surface area contributed by atoms with E-state index < -0.39 is 11.9 Å². The van der Waals surface area contributed by atoms with E-state index in [0.29, 0.717) is 35.3 Å². The van der Waals surface area contributed by atoms with E-state index in [-0.39, 0.29) is 18.0 Å². The lowest BCUT2D eigenvalue weighted by Crippen LogP contribution is -2.48. The predicted molar refractivity (Wildman–Crippen MR) is 125 cm³/mol. The number of hydrogen-bond acceptors (Lipinski definition) is 5. The molecule has 2 aromatic heterocycles. The Morgan fingerprint density at radius 2 is 2.03 bits per heavy atom. The lowest BCUT2D eigenvalue weighted by atomic mass is 9.95. The van der Waals surface area contributed by atoms with Crippen LogP contribution in [0.4, 0.5) is 4.39 Å². The van der Waals surface area contributed by atoms with E-state index in [9.17, 15) is 14.0 Å². The number of primary amides is 1. The summed E-state index contributed by atoms with van der Waals surface area (Å²) in [6.45, 7) is 9.62. The summed E-state index contributed by atoms with van der Waals surface area (Å²) in [7, 11) is 0. The summed E-state index contributed by atoms with van der Waals surface area (Å²) >= 11 is 1.65. The van der Waals surface area contributed by atoms with E-state index in [2.05, 4.69) is 28.3 Å². The highest BCUT2D eigenvalue weighted by molar-refractivity contribution is 7.07. The first kappa shape index (κ1) is 24.3. The third-order valence-electron chi connectivity index (χ3n) is 6.66. The number of halogens is 1. The molecule has 0 aliphatic carbocycles. The molecule has 2 aromatic rings. The number of nitrogens with two attached hydrogens (primary N) is 1. The molecule has 3 rings (SSSR count). The molecule has 0 bridgehead atoms. The van der Waals surface area contributed by atoms with Gasteiger partial charge in [0, 0.05) is 44.2 Å². The van der Waals surface area contributed by atoms with Crippen molar-refractivity contribution in [1.82, 2.24) is 14.8 Å². The van der Waals surface area contributed by atoms with Crippen LogP contribution in [0.2, 0.25) is 0 Å². The van der Waals surface area contributed by atoms with Gasteiger partial charge in [-0.25, -0.2) is 4.98 Å². The molecule has 2 amide bonds. The SMILES string of the molecule is CC(=O)N(Cc1ccsc1)C1CCN([C@H](C)CCc2c(F)nc(C)c(C(N)=O)c2C)CC1. The van der Waals surface area contributed by atoms with Gasteiger partial charge in [-0.3, -0.25) is 9.59 Å². The van der Waals surface area contributed by atoms with Gasteiger partial charge in [-0.1, -0.05) is 0 Å². The fraction of sp³-hybridized carbons (Fsp3) is 0.542. The largest absolute Gasteiger partial charge is 0.366 e. The molecule has 0 unspecified atom stereocenters. The van der Waals surface area contributed by atoms with E-state index in [4.69, 9.17) is 5.73 Å². The van der Waals surface area contributed by atoms with Gasteiger partial charge in [-0.05, 0) is 74.4 Å².